The van der Waals surface area contributed by atoms with E-state index in [4.69, 9.17) is 4.74 Å². The molecule has 0 saturated heterocycles. The molecule has 0 heterocycles. The van der Waals surface area contributed by atoms with Gasteiger partial charge in [-0.2, -0.15) is 0 Å². The number of amides is 2. The fourth-order valence-electron chi connectivity index (χ4n) is 3.49. The highest BCUT2D eigenvalue weighted by molar-refractivity contribution is 5.91. The number of likely N-dealkylation sites (N-methyl/N-ethyl adjacent to an activating group) is 1. The van der Waals surface area contributed by atoms with E-state index in [1.807, 2.05) is 13.8 Å². The van der Waals surface area contributed by atoms with Crippen LogP contribution in [0.3, 0.4) is 0 Å². The molecule has 2 rings (SSSR count). The Bertz CT molecular complexity index is 670. The van der Waals surface area contributed by atoms with Crippen molar-refractivity contribution < 1.29 is 19.2 Å². The minimum Gasteiger partial charge on any atom is -0.497 e. The summed E-state index contributed by atoms with van der Waals surface area (Å²) in [5, 5.41) is 5.92. The average molecular weight is 389 g/mol. The van der Waals surface area contributed by atoms with Gasteiger partial charge < -0.3 is 20.3 Å². The van der Waals surface area contributed by atoms with Crippen molar-refractivity contribution in [3.05, 3.63) is 35.9 Å². The van der Waals surface area contributed by atoms with Gasteiger partial charge in [0.25, 0.3) is 11.8 Å². The van der Waals surface area contributed by atoms with Crippen molar-refractivity contribution in [1.29, 1.82) is 0 Å². The van der Waals surface area contributed by atoms with Crippen LogP contribution >= 0.6 is 0 Å². The fourth-order valence-corrected chi connectivity index (χ4v) is 3.49. The Morgan fingerprint density at radius 1 is 1.21 bits per heavy atom. The number of ether oxygens (including phenoxy) is 1. The maximum atomic E-state index is 12.5. The van der Waals surface area contributed by atoms with Crippen LogP contribution in [-0.4, -0.2) is 44.6 Å². The Kier molecular flexibility index (Phi) is 9.01. The van der Waals surface area contributed by atoms with E-state index in [2.05, 4.69) is 16.7 Å². The largest absolute Gasteiger partial charge is 0.497 e. The molecule has 0 spiro atoms. The summed E-state index contributed by atoms with van der Waals surface area (Å²) in [7, 11) is 1.61. The summed E-state index contributed by atoms with van der Waals surface area (Å²) in [5.41, 5.74) is 2.18. The summed E-state index contributed by atoms with van der Waals surface area (Å²) in [6.07, 6.45) is 8.09. The van der Waals surface area contributed by atoms with Gasteiger partial charge in [0.1, 0.15) is 5.75 Å². The molecule has 6 nitrogen and oxygen atoms in total. The summed E-state index contributed by atoms with van der Waals surface area (Å²) in [6.45, 7) is 5.50. The van der Waals surface area contributed by atoms with Gasteiger partial charge >= 0.3 is 0 Å². The Labute approximate surface area is 168 Å². The van der Waals surface area contributed by atoms with Crippen molar-refractivity contribution in [1.82, 2.24) is 5.32 Å². The molecule has 0 radical (unpaired) electrons. The van der Waals surface area contributed by atoms with Gasteiger partial charge in [-0.25, -0.2) is 0 Å². The van der Waals surface area contributed by atoms with Crippen LogP contribution in [0.4, 0.5) is 5.69 Å². The van der Waals surface area contributed by atoms with Crippen LogP contribution in [0.2, 0.25) is 0 Å². The Balaban J connectivity index is 1.78. The molecule has 0 saturated carbocycles. The van der Waals surface area contributed by atoms with E-state index >= 15 is 0 Å². The molecular weight excluding hydrogens is 354 g/mol. The zero-order chi connectivity index (χ0) is 20.4. The molecule has 0 aliphatic heterocycles. The minimum absolute atomic E-state index is 0.00510. The van der Waals surface area contributed by atoms with Gasteiger partial charge in [-0.1, -0.05) is 11.6 Å². The third-order valence-corrected chi connectivity index (χ3v) is 5.35. The molecule has 0 aromatic heterocycles. The SMILES string of the molecule is CC[NH+](CC(=O)Nc1ccc(OC)cc1)[C@@H](C)C(=O)NCCC1=CCCCC1. The Morgan fingerprint density at radius 2 is 1.96 bits per heavy atom. The quantitative estimate of drug-likeness (QED) is 0.537. The van der Waals surface area contributed by atoms with E-state index in [1.165, 1.54) is 18.4 Å². The summed E-state index contributed by atoms with van der Waals surface area (Å²) >= 11 is 0. The summed E-state index contributed by atoms with van der Waals surface area (Å²) in [5.74, 6) is 0.646. The van der Waals surface area contributed by atoms with Gasteiger partial charge in [-0.05, 0) is 70.2 Å². The lowest BCUT2D eigenvalue weighted by Gasteiger charge is -2.23. The van der Waals surface area contributed by atoms with Crippen LogP contribution in [-0.2, 0) is 9.59 Å². The maximum absolute atomic E-state index is 12.5. The van der Waals surface area contributed by atoms with Crippen LogP contribution in [0.15, 0.2) is 35.9 Å². The topological polar surface area (TPSA) is 71.9 Å². The lowest BCUT2D eigenvalue weighted by Crippen LogP contribution is -3.17. The second-order valence-electron chi connectivity index (χ2n) is 7.34. The Hall–Kier alpha value is -2.34. The van der Waals surface area contributed by atoms with Gasteiger partial charge in [0, 0.05) is 12.2 Å². The van der Waals surface area contributed by atoms with Crippen LogP contribution < -0.4 is 20.3 Å². The number of hydrogen-bond donors (Lipinski definition) is 3. The predicted molar refractivity (Wildman–Crippen MR) is 112 cm³/mol. The number of nitrogens with one attached hydrogen (secondary N) is 3. The van der Waals surface area contributed by atoms with Crippen LogP contribution in [0.25, 0.3) is 0 Å². The van der Waals surface area contributed by atoms with Crippen molar-refractivity contribution in [2.75, 3.05) is 32.1 Å². The number of hydrogen-bond acceptors (Lipinski definition) is 3. The minimum atomic E-state index is -0.271. The van der Waals surface area contributed by atoms with E-state index in [9.17, 15) is 9.59 Å². The third-order valence-electron chi connectivity index (χ3n) is 5.35. The van der Waals surface area contributed by atoms with Gasteiger partial charge in [0.2, 0.25) is 0 Å². The number of methoxy groups -OCH3 is 1. The number of allylic oxidation sites excluding steroid dienone is 1. The molecule has 2 atom stereocenters. The molecule has 0 bridgehead atoms. The van der Waals surface area contributed by atoms with E-state index in [-0.39, 0.29) is 24.4 Å². The highest BCUT2D eigenvalue weighted by Gasteiger charge is 2.25. The standard InChI is InChI=1S/C22H33N3O3/c1-4-25(16-21(26)24-19-10-12-20(28-3)13-11-19)17(2)22(27)23-15-14-18-8-6-5-7-9-18/h8,10-13,17H,4-7,9,14-16H2,1-3H3,(H,23,27)(H,24,26)/p+1/t17-/m0/s1. The van der Waals surface area contributed by atoms with Crippen molar-refractivity contribution >= 4 is 17.5 Å². The van der Waals surface area contributed by atoms with E-state index in [1.54, 1.807) is 31.4 Å². The van der Waals surface area contributed by atoms with Crippen LogP contribution in [0, 0.1) is 0 Å². The number of carbonyl (C=O) groups is 2. The molecule has 1 aliphatic rings. The average Bonchev–Trinajstić information content (AvgIpc) is 2.72. The Morgan fingerprint density at radius 3 is 2.57 bits per heavy atom. The monoisotopic (exact) mass is 388 g/mol. The summed E-state index contributed by atoms with van der Waals surface area (Å²) in [4.78, 5) is 25.8. The number of carbonyl (C=O) groups excluding carboxylic acids is 2. The fraction of sp³-hybridized carbons (Fsp3) is 0.545. The molecule has 3 N–H and O–H groups in total. The van der Waals surface area contributed by atoms with Gasteiger partial charge in [-0.15, -0.1) is 0 Å². The number of benzene rings is 1. The molecule has 6 heteroatoms. The first kappa shape index (κ1) is 22.0. The van der Waals surface area contributed by atoms with Crippen LogP contribution in [0.1, 0.15) is 46.0 Å². The van der Waals surface area contributed by atoms with E-state index in [0.717, 1.165) is 35.6 Å². The second-order valence-corrected chi connectivity index (χ2v) is 7.34. The van der Waals surface area contributed by atoms with Crippen molar-refractivity contribution in [3.63, 3.8) is 0 Å². The van der Waals surface area contributed by atoms with Gasteiger partial charge in [0.15, 0.2) is 12.6 Å². The third kappa shape index (κ3) is 7.00. The predicted octanol–water partition coefficient (Wildman–Crippen LogP) is 1.93. The van der Waals surface area contributed by atoms with Crippen molar-refractivity contribution in [2.45, 2.75) is 52.0 Å². The first-order chi connectivity index (χ1) is 13.5. The second kappa shape index (κ2) is 11.5. The summed E-state index contributed by atoms with van der Waals surface area (Å²) in [6, 6.07) is 6.94. The number of anilines is 1. The number of rotatable bonds is 10. The lowest BCUT2D eigenvalue weighted by atomic mass is 9.97. The molecule has 1 unspecified atom stereocenters. The smallest absolute Gasteiger partial charge is 0.279 e. The first-order valence-electron chi connectivity index (χ1n) is 10.3. The van der Waals surface area contributed by atoms with E-state index < -0.39 is 0 Å². The van der Waals surface area contributed by atoms with Crippen LogP contribution in [0.5, 0.6) is 5.75 Å². The normalized spacial score (nSPS) is 15.9. The highest BCUT2D eigenvalue weighted by atomic mass is 16.5. The molecule has 1 aliphatic carbocycles. The maximum Gasteiger partial charge on any atom is 0.279 e. The van der Waals surface area contributed by atoms with Gasteiger partial charge in [0.05, 0.1) is 13.7 Å². The molecule has 0 fully saturated rings. The van der Waals surface area contributed by atoms with Crippen molar-refractivity contribution in [2.24, 2.45) is 0 Å². The molecule has 2 amide bonds. The van der Waals surface area contributed by atoms with Crippen molar-refractivity contribution in [3.8, 4) is 5.75 Å². The van der Waals surface area contributed by atoms with Gasteiger partial charge in [-0.3, -0.25) is 9.59 Å². The molecule has 1 aromatic carbocycles. The highest BCUT2D eigenvalue weighted by Crippen LogP contribution is 2.19. The number of quaternary nitrogens is 1. The zero-order valence-corrected chi connectivity index (χ0v) is 17.3. The molecule has 1 aromatic rings. The molecule has 28 heavy (non-hydrogen) atoms. The zero-order valence-electron chi connectivity index (χ0n) is 17.3. The molecule has 154 valence electrons. The lowest BCUT2D eigenvalue weighted by molar-refractivity contribution is -0.904. The molecular formula is C22H34N3O3+. The first-order valence-corrected chi connectivity index (χ1v) is 10.3. The van der Waals surface area contributed by atoms with E-state index in [0.29, 0.717) is 13.1 Å². The summed E-state index contributed by atoms with van der Waals surface area (Å²) < 4.78 is 5.12.